The second kappa shape index (κ2) is 2.80. The van der Waals surface area contributed by atoms with E-state index in [0.29, 0.717) is 13.1 Å². The van der Waals surface area contributed by atoms with E-state index in [9.17, 15) is 4.79 Å². The van der Waals surface area contributed by atoms with Gasteiger partial charge >= 0.3 is 5.97 Å². The van der Waals surface area contributed by atoms with Gasteiger partial charge in [-0.15, -0.1) is 0 Å². The number of carboxylic acid groups (broad SMARTS) is 1. The van der Waals surface area contributed by atoms with Crippen LogP contribution in [0, 0.1) is 6.54 Å². The third-order valence-electron chi connectivity index (χ3n) is 1.23. The van der Waals surface area contributed by atoms with Gasteiger partial charge in [0, 0.05) is 19.6 Å². The minimum Gasteiger partial charge on any atom is -0.480 e. The smallest absolute Gasteiger partial charge is 0.322 e. The van der Waals surface area contributed by atoms with E-state index in [1.807, 2.05) is 0 Å². The fourth-order valence-electron chi connectivity index (χ4n) is 0.721. The Labute approximate surface area is 53.2 Å². The molecule has 1 aliphatic rings. The second-order valence-electron chi connectivity index (χ2n) is 1.91. The molecule has 1 saturated heterocycles. The lowest BCUT2D eigenvalue weighted by molar-refractivity contribution is -0.139. The molecule has 1 aliphatic heterocycles. The first-order valence-electron chi connectivity index (χ1n) is 2.82. The van der Waals surface area contributed by atoms with Crippen LogP contribution in [0.3, 0.4) is 0 Å². The first-order valence-corrected chi connectivity index (χ1v) is 2.82. The number of hydrogen-bond acceptors (Lipinski definition) is 3. The standard InChI is InChI=1S/C5H9N2O2/c8-5(9)4-3-6-1-2-7-4/h1,4,6-7H,2-3H2,(H,8,9). The molecule has 0 aliphatic carbocycles. The van der Waals surface area contributed by atoms with E-state index in [4.69, 9.17) is 5.11 Å². The van der Waals surface area contributed by atoms with E-state index in [-0.39, 0.29) is 0 Å². The summed E-state index contributed by atoms with van der Waals surface area (Å²) >= 11 is 0. The third kappa shape index (κ3) is 1.65. The fourth-order valence-corrected chi connectivity index (χ4v) is 0.721. The van der Waals surface area contributed by atoms with Crippen molar-refractivity contribution in [2.24, 2.45) is 0 Å². The van der Waals surface area contributed by atoms with Crippen molar-refractivity contribution in [3.05, 3.63) is 6.54 Å². The van der Waals surface area contributed by atoms with Crippen molar-refractivity contribution < 1.29 is 9.90 Å². The summed E-state index contributed by atoms with van der Waals surface area (Å²) in [7, 11) is 0. The average molecular weight is 129 g/mol. The molecular formula is C5H9N2O2. The van der Waals surface area contributed by atoms with Gasteiger partial charge in [0.1, 0.15) is 6.04 Å². The SMILES string of the molecule is O=C(O)C1CN[CH]CN1. The van der Waals surface area contributed by atoms with Crippen LogP contribution in [0.4, 0.5) is 0 Å². The molecule has 0 spiro atoms. The van der Waals surface area contributed by atoms with Gasteiger partial charge in [-0.25, -0.2) is 0 Å². The Morgan fingerprint density at radius 2 is 2.56 bits per heavy atom. The van der Waals surface area contributed by atoms with Crippen molar-refractivity contribution >= 4 is 5.97 Å². The molecule has 0 amide bonds. The van der Waals surface area contributed by atoms with Crippen molar-refractivity contribution in [3.8, 4) is 0 Å². The van der Waals surface area contributed by atoms with Crippen LogP contribution >= 0.6 is 0 Å². The summed E-state index contributed by atoms with van der Waals surface area (Å²) in [6, 6.07) is -0.421. The molecule has 1 atom stereocenters. The summed E-state index contributed by atoms with van der Waals surface area (Å²) < 4.78 is 0. The maximum Gasteiger partial charge on any atom is 0.322 e. The van der Waals surface area contributed by atoms with Gasteiger partial charge in [0.15, 0.2) is 0 Å². The largest absolute Gasteiger partial charge is 0.480 e. The molecular weight excluding hydrogens is 120 g/mol. The lowest BCUT2D eigenvalue weighted by Gasteiger charge is -2.19. The number of piperazine rings is 1. The van der Waals surface area contributed by atoms with E-state index < -0.39 is 12.0 Å². The molecule has 9 heavy (non-hydrogen) atoms. The Balaban J connectivity index is 2.31. The third-order valence-corrected chi connectivity index (χ3v) is 1.23. The molecule has 0 aromatic heterocycles. The first-order chi connectivity index (χ1) is 4.30. The van der Waals surface area contributed by atoms with Gasteiger partial charge in [-0.3, -0.25) is 4.79 Å². The van der Waals surface area contributed by atoms with Gasteiger partial charge in [0.05, 0.1) is 0 Å². The number of carbonyl (C=O) groups is 1. The van der Waals surface area contributed by atoms with Crippen molar-refractivity contribution in [2.45, 2.75) is 6.04 Å². The Hall–Kier alpha value is -0.610. The van der Waals surface area contributed by atoms with Crippen molar-refractivity contribution in [1.29, 1.82) is 0 Å². The number of hydrogen-bond donors (Lipinski definition) is 3. The van der Waals surface area contributed by atoms with Crippen LogP contribution in [0.15, 0.2) is 0 Å². The van der Waals surface area contributed by atoms with Crippen LogP contribution < -0.4 is 10.6 Å². The van der Waals surface area contributed by atoms with Gasteiger partial charge in [-0.1, -0.05) is 0 Å². The monoisotopic (exact) mass is 129 g/mol. The highest BCUT2D eigenvalue weighted by molar-refractivity contribution is 5.73. The second-order valence-corrected chi connectivity index (χ2v) is 1.91. The highest BCUT2D eigenvalue weighted by Gasteiger charge is 2.18. The Morgan fingerprint density at radius 3 is 2.89 bits per heavy atom. The molecule has 1 unspecified atom stereocenters. The zero-order valence-corrected chi connectivity index (χ0v) is 4.92. The van der Waals surface area contributed by atoms with Crippen LogP contribution in [-0.2, 0) is 4.79 Å². The number of aliphatic carboxylic acids is 1. The molecule has 1 heterocycles. The van der Waals surface area contributed by atoms with Crippen LogP contribution in [0.25, 0.3) is 0 Å². The number of carboxylic acids is 1. The molecule has 0 bridgehead atoms. The molecule has 1 radical (unpaired) electrons. The zero-order chi connectivity index (χ0) is 6.69. The minimum absolute atomic E-state index is 0.421. The topological polar surface area (TPSA) is 61.4 Å². The van der Waals surface area contributed by atoms with Crippen LogP contribution in [-0.4, -0.2) is 30.2 Å². The Bertz CT molecular complexity index is 110. The van der Waals surface area contributed by atoms with Crippen LogP contribution in [0.5, 0.6) is 0 Å². The summed E-state index contributed by atoms with van der Waals surface area (Å²) in [5, 5.41) is 14.1. The summed E-state index contributed by atoms with van der Waals surface area (Å²) in [5.74, 6) is -0.796. The first kappa shape index (κ1) is 6.51. The van der Waals surface area contributed by atoms with Gasteiger partial charge in [-0.05, 0) is 0 Å². The van der Waals surface area contributed by atoms with Gasteiger partial charge < -0.3 is 15.7 Å². The molecule has 4 heteroatoms. The quantitative estimate of drug-likeness (QED) is 0.416. The predicted molar refractivity (Wildman–Crippen MR) is 31.7 cm³/mol. The summed E-state index contributed by atoms with van der Waals surface area (Å²) in [5.41, 5.74) is 0. The lowest BCUT2D eigenvalue weighted by atomic mass is 10.2. The van der Waals surface area contributed by atoms with Crippen LogP contribution in [0.1, 0.15) is 0 Å². The highest BCUT2D eigenvalue weighted by Crippen LogP contribution is 1.87. The van der Waals surface area contributed by atoms with Crippen LogP contribution in [0.2, 0.25) is 0 Å². The summed E-state index contributed by atoms with van der Waals surface area (Å²) in [6.45, 7) is 2.91. The Kier molecular flexibility index (Phi) is 2.02. The molecule has 51 valence electrons. The van der Waals surface area contributed by atoms with E-state index in [1.54, 1.807) is 6.54 Å². The molecule has 1 rings (SSSR count). The highest BCUT2D eigenvalue weighted by atomic mass is 16.4. The number of rotatable bonds is 1. The van der Waals surface area contributed by atoms with Gasteiger partial charge in [0.2, 0.25) is 0 Å². The lowest BCUT2D eigenvalue weighted by Crippen LogP contribution is -2.50. The van der Waals surface area contributed by atoms with Crippen molar-refractivity contribution in [2.75, 3.05) is 13.1 Å². The normalized spacial score (nSPS) is 27.8. The average Bonchev–Trinajstić information content (AvgIpc) is 1.90. The van der Waals surface area contributed by atoms with E-state index in [2.05, 4.69) is 10.6 Å². The van der Waals surface area contributed by atoms with Gasteiger partial charge in [0.25, 0.3) is 0 Å². The molecule has 1 fully saturated rings. The number of nitrogens with one attached hydrogen (secondary N) is 2. The predicted octanol–water partition coefficient (Wildman–Crippen LogP) is -1.21. The molecule has 4 nitrogen and oxygen atoms in total. The van der Waals surface area contributed by atoms with E-state index >= 15 is 0 Å². The van der Waals surface area contributed by atoms with Gasteiger partial charge in [-0.2, -0.15) is 0 Å². The molecule has 0 saturated carbocycles. The maximum absolute atomic E-state index is 10.2. The van der Waals surface area contributed by atoms with Crippen molar-refractivity contribution in [1.82, 2.24) is 10.6 Å². The molecule has 3 N–H and O–H groups in total. The zero-order valence-electron chi connectivity index (χ0n) is 4.92. The van der Waals surface area contributed by atoms with E-state index in [1.165, 1.54) is 0 Å². The van der Waals surface area contributed by atoms with E-state index in [0.717, 1.165) is 0 Å². The van der Waals surface area contributed by atoms with Crippen molar-refractivity contribution in [3.63, 3.8) is 0 Å². The molecule has 0 aromatic rings. The molecule has 0 aromatic carbocycles. The fraction of sp³-hybridized carbons (Fsp3) is 0.600. The summed E-state index contributed by atoms with van der Waals surface area (Å²) in [6.07, 6.45) is 0. The Morgan fingerprint density at radius 1 is 1.78 bits per heavy atom. The summed E-state index contributed by atoms with van der Waals surface area (Å²) in [4.78, 5) is 10.2. The maximum atomic E-state index is 10.2. The minimum atomic E-state index is -0.796.